The Morgan fingerprint density at radius 2 is 2.07 bits per heavy atom. The number of ether oxygens (including phenoxy) is 3. The predicted molar refractivity (Wildman–Crippen MR) is 110 cm³/mol. The molecule has 1 fully saturated rings. The van der Waals surface area contributed by atoms with Gasteiger partial charge in [0.05, 0.1) is 38.6 Å². The van der Waals surface area contributed by atoms with Crippen LogP contribution in [0.3, 0.4) is 0 Å². The Bertz CT molecular complexity index is 945. The largest absolute Gasteiger partial charge is 0.493 e. The van der Waals surface area contributed by atoms with Gasteiger partial charge in [-0.15, -0.1) is 0 Å². The van der Waals surface area contributed by atoms with Crippen molar-refractivity contribution in [1.29, 1.82) is 0 Å². The van der Waals surface area contributed by atoms with Crippen LogP contribution in [-0.4, -0.2) is 61.4 Å². The maximum absolute atomic E-state index is 6.12. The van der Waals surface area contributed by atoms with Crippen molar-refractivity contribution in [3.05, 3.63) is 41.6 Å². The fourth-order valence-electron chi connectivity index (χ4n) is 3.21. The number of fused-ring (bicyclic) bond motifs is 1. The average molecular weight is 419 g/mol. The zero-order chi connectivity index (χ0) is 20.1. The molecule has 1 saturated heterocycles. The molecule has 1 aromatic carbocycles. The fraction of sp³-hybridized carbons (Fsp3) is 0.400. The highest BCUT2D eigenvalue weighted by molar-refractivity contribution is 6.28. The lowest BCUT2D eigenvalue weighted by molar-refractivity contribution is 0.0321. The van der Waals surface area contributed by atoms with E-state index >= 15 is 0 Å². The lowest BCUT2D eigenvalue weighted by atomic mass is 10.2. The summed E-state index contributed by atoms with van der Waals surface area (Å²) < 4.78 is 22.3. The molecule has 8 nitrogen and oxygen atoms in total. The summed E-state index contributed by atoms with van der Waals surface area (Å²) >= 11 is 6.12. The highest BCUT2D eigenvalue weighted by Gasteiger charge is 2.15. The fourth-order valence-corrected chi connectivity index (χ4v) is 3.38. The second-order valence-corrected chi connectivity index (χ2v) is 6.93. The van der Waals surface area contributed by atoms with Gasteiger partial charge in [-0.1, -0.05) is 0 Å². The Morgan fingerprint density at radius 1 is 1.21 bits per heavy atom. The molecule has 1 N–H and O–H groups in total. The van der Waals surface area contributed by atoms with Gasteiger partial charge in [0.2, 0.25) is 5.28 Å². The third kappa shape index (κ3) is 4.90. The van der Waals surface area contributed by atoms with Crippen LogP contribution in [-0.2, 0) is 11.3 Å². The standard InChI is InChI=1S/C20H23ClN4O4/c1-26-17-12-16-15(11-18(17)29-10-6-25-4-8-27-9-5-25)19(24-20(21)23-16)22-13-14-3-2-7-28-14/h2-3,7,11-12H,4-6,8-10,13H2,1H3,(H,22,23,24). The van der Waals surface area contributed by atoms with Crippen molar-refractivity contribution in [2.45, 2.75) is 6.54 Å². The topological polar surface area (TPSA) is 81.9 Å². The zero-order valence-electron chi connectivity index (χ0n) is 16.2. The molecule has 0 radical (unpaired) electrons. The SMILES string of the molecule is COc1cc2nc(Cl)nc(NCc3ccco3)c2cc1OCCN1CCOCC1. The predicted octanol–water partition coefficient (Wildman–Crippen LogP) is 3.21. The van der Waals surface area contributed by atoms with Crippen molar-refractivity contribution in [1.82, 2.24) is 14.9 Å². The van der Waals surface area contributed by atoms with Crippen molar-refractivity contribution in [2.24, 2.45) is 0 Å². The summed E-state index contributed by atoms with van der Waals surface area (Å²) in [5.74, 6) is 2.65. The van der Waals surface area contributed by atoms with Crippen LogP contribution >= 0.6 is 11.6 Å². The Balaban J connectivity index is 1.54. The molecule has 0 atom stereocenters. The molecule has 9 heteroatoms. The van der Waals surface area contributed by atoms with E-state index in [1.807, 2.05) is 24.3 Å². The van der Waals surface area contributed by atoms with E-state index in [2.05, 4.69) is 20.2 Å². The molecule has 3 aromatic rings. The minimum absolute atomic E-state index is 0.155. The van der Waals surface area contributed by atoms with Gasteiger partial charge >= 0.3 is 0 Å². The smallest absolute Gasteiger partial charge is 0.224 e. The van der Waals surface area contributed by atoms with Crippen molar-refractivity contribution in [2.75, 3.05) is 51.9 Å². The van der Waals surface area contributed by atoms with Crippen LogP contribution in [0, 0.1) is 0 Å². The second kappa shape index (κ2) is 9.30. The maximum atomic E-state index is 6.12. The molecule has 2 aromatic heterocycles. The summed E-state index contributed by atoms with van der Waals surface area (Å²) in [5, 5.41) is 4.21. The van der Waals surface area contributed by atoms with E-state index < -0.39 is 0 Å². The van der Waals surface area contributed by atoms with Gasteiger partial charge in [-0.3, -0.25) is 4.90 Å². The molecule has 0 bridgehead atoms. The lowest BCUT2D eigenvalue weighted by Crippen LogP contribution is -2.38. The molecule has 0 unspecified atom stereocenters. The van der Waals surface area contributed by atoms with Crippen molar-refractivity contribution < 1.29 is 18.6 Å². The van der Waals surface area contributed by atoms with E-state index in [1.165, 1.54) is 0 Å². The first-order valence-corrected chi connectivity index (χ1v) is 9.85. The second-order valence-electron chi connectivity index (χ2n) is 6.60. The molecule has 1 aliphatic heterocycles. The Labute approximate surface area is 173 Å². The van der Waals surface area contributed by atoms with Crippen LogP contribution in [0.25, 0.3) is 10.9 Å². The number of nitrogens with zero attached hydrogens (tertiary/aromatic N) is 3. The quantitative estimate of drug-likeness (QED) is 0.558. The molecule has 0 saturated carbocycles. The number of aromatic nitrogens is 2. The summed E-state index contributed by atoms with van der Waals surface area (Å²) in [5.41, 5.74) is 0.671. The molecule has 0 amide bonds. The van der Waals surface area contributed by atoms with Gasteiger partial charge < -0.3 is 23.9 Å². The summed E-state index contributed by atoms with van der Waals surface area (Å²) in [6.45, 7) is 5.23. The van der Waals surface area contributed by atoms with Gasteiger partial charge in [0, 0.05) is 31.1 Å². The summed E-state index contributed by atoms with van der Waals surface area (Å²) in [4.78, 5) is 11.0. The van der Waals surface area contributed by atoms with Gasteiger partial charge in [-0.05, 0) is 29.8 Å². The van der Waals surface area contributed by atoms with Gasteiger partial charge in [-0.2, -0.15) is 0 Å². The number of anilines is 1. The van der Waals surface area contributed by atoms with E-state index in [4.69, 9.17) is 30.2 Å². The number of hydrogen-bond acceptors (Lipinski definition) is 8. The number of hydrogen-bond donors (Lipinski definition) is 1. The number of halogens is 1. The van der Waals surface area contributed by atoms with Crippen LogP contribution in [0.5, 0.6) is 11.5 Å². The lowest BCUT2D eigenvalue weighted by Gasteiger charge is -2.26. The van der Waals surface area contributed by atoms with Crippen LogP contribution in [0.2, 0.25) is 5.28 Å². The monoisotopic (exact) mass is 418 g/mol. The normalized spacial score (nSPS) is 14.8. The minimum Gasteiger partial charge on any atom is -0.493 e. The first-order valence-electron chi connectivity index (χ1n) is 9.47. The molecule has 3 heterocycles. The van der Waals surface area contributed by atoms with Crippen LogP contribution in [0.1, 0.15) is 5.76 Å². The van der Waals surface area contributed by atoms with E-state index in [0.29, 0.717) is 36.0 Å². The van der Waals surface area contributed by atoms with Gasteiger partial charge in [0.25, 0.3) is 0 Å². The van der Waals surface area contributed by atoms with E-state index in [9.17, 15) is 0 Å². The average Bonchev–Trinajstić information content (AvgIpc) is 3.26. The van der Waals surface area contributed by atoms with Crippen molar-refractivity contribution in [3.63, 3.8) is 0 Å². The number of nitrogens with one attached hydrogen (secondary N) is 1. The summed E-state index contributed by atoms with van der Waals surface area (Å²) in [6.07, 6.45) is 1.63. The van der Waals surface area contributed by atoms with Gasteiger partial charge in [-0.25, -0.2) is 9.97 Å². The molecule has 0 aliphatic carbocycles. The first-order chi connectivity index (χ1) is 14.2. The molecule has 0 spiro atoms. The summed E-state index contributed by atoms with van der Waals surface area (Å²) in [7, 11) is 1.61. The van der Waals surface area contributed by atoms with E-state index in [-0.39, 0.29) is 5.28 Å². The van der Waals surface area contributed by atoms with E-state index in [1.54, 1.807) is 13.4 Å². The number of rotatable bonds is 8. The Hall–Kier alpha value is -2.55. The minimum atomic E-state index is 0.155. The van der Waals surface area contributed by atoms with Gasteiger partial charge in [0.15, 0.2) is 11.5 Å². The van der Waals surface area contributed by atoms with E-state index in [0.717, 1.165) is 44.0 Å². The third-order valence-corrected chi connectivity index (χ3v) is 4.90. The van der Waals surface area contributed by atoms with Crippen molar-refractivity contribution in [3.8, 4) is 11.5 Å². The molecular weight excluding hydrogens is 396 g/mol. The third-order valence-electron chi connectivity index (χ3n) is 4.73. The summed E-state index contributed by atoms with van der Waals surface area (Å²) in [6, 6.07) is 7.42. The number of morpholine rings is 1. The molecule has 4 rings (SSSR count). The van der Waals surface area contributed by atoms with Crippen LogP contribution in [0.4, 0.5) is 5.82 Å². The highest BCUT2D eigenvalue weighted by Crippen LogP contribution is 2.35. The highest BCUT2D eigenvalue weighted by atomic mass is 35.5. The number of methoxy groups -OCH3 is 1. The number of furan rings is 1. The van der Waals surface area contributed by atoms with Crippen LogP contribution < -0.4 is 14.8 Å². The molecular formula is C20H23ClN4O4. The van der Waals surface area contributed by atoms with Crippen molar-refractivity contribution >= 4 is 28.3 Å². The van der Waals surface area contributed by atoms with Gasteiger partial charge in [0.1, 0.15) is 18.2 Å². The Morgan fingerprint density at radius 3 is 2.83 bits per heavy atom. The maximum Gasteiger partial charge on any atom is 0.224 e. The Kier molecular flexibility index (Phi) is 6.33. The van der Waals surface area contributed by atoms with Crippen LogP contribution in [0.15, 0.2) is 34.9 Å². The molecule has 29 heavy (non-hydrogen) atoms. The number of benzene rings is 1. The zero-order valence-corrected chi connectivity index (χ0v) is 16.9. The molecule has 1 aliphatic rings. The molecule has 154 valence electrons. The first kappa shape index (κ1) is 19.8.